The maximum absolute atomic E-state index is 14.9. The molecule has 0 bridgehead atoms. The van der Waals surface area contributed by atoms with Gasteiger partial charge in [0, 0.05) is 5.56 Å². The first-order valence-corrected chi connectivity index (χ1v) is 9.93. The second-order valence-electron chi connectivity index (χ2n) is 7.38. The largest absolute Gasteiger partial charge is 0.373 e. The lowest BCUT2D eigenvalue weighted by Gasteiger charge is -2.30. The Balaban J connectivity index is 1.75. The van der Waals surface area contributed by atoms with Gasteiger partial charge in [0.25, 0.3) is 0 Å². The highest BCUT2D eigenvalue weighted by atomic mass is 35.5. The van der Waals surface area contributed by atoms with Crippen LogP contribution in [0.5, 0.6) is 0 Å². The first-order valence-electron chi connectivity index (χ1n) is 9.55. The fourth-order valence-corrected chi connectivity index (χ4v) is 4.35. The van der Waals surface area contributed by atoms with Gasteiger partial charge in [-0.15, -0.1) is 6.58 Å². The molecule has 3 atom stereocenters. The third-order valence-electron chi connectivity index (χ3n) is 5.66. The van der Waals surface area contributed by atoms with Gasteiger partial charge in [0.1, 0.15) is 5.82 Å². The van der Waals surface area contributed by atoms with Gasteiger partial charge in [-0.1, -0.05) is 49.2 Å². The van der Waals surface area contributed by atoms with E-state index in [4.69, 9.17) is 16.3 Å². The second kappa shape index (κ2) is 8.51. The fraction of sp³-hybridized carbons (Fsp3) is 0.545. The summed E-state index contributed by atoms with van der Waals surface area (Å²) in [4.78, 5) is 0. The molecule has 3 heteroatoms. The van der Waals surface area contributed by atoms with Gasteiger partial charge in [0.15, 0.2) is 0 Å². The van der Waals surface area contributed by atoms with Crippen molar-refractivity contribution in [2.45, 2.75) is 58.0 Å². The number of ether oxygens (including phenoxy) is 1. The van der Waals surface area contributed by atoms with Crippen molar-refractivity contribution < 1.29 is 9.13 Å². The third kappa shape index (κ3) is 4.17. The lowest BCUT2D eigenvalue weighted by atomic mass is 9.86. The Morgan fingerprint density at radius 1 is 1.32 bits per heavy atom. The van der Waals surface area contributed by atoms with Gasteiger partial charge in [-0.2, -0.15) is 0 Å². The second-order valence-corrected chi connectivity index (χ2v) is 7.76. The van der Waals surface area contributed by atoms with Crippen molar-refractivity contribution >= 4 is 17.2 Å². The molecule has 3 unspecified atom stereocenters. The number of allylic oxidation sites excluding steroid dienone is 3. The molecular formula is C22H28ClFO. The van der Waals surface area contributed by atoms with Gasteiger partial charge < -0.3 is 4.74 Å². The summed E-state index contributed by atoms with van der Waals surface area (Å²) in [5.41, 5.74) is 2.61. The SMILES string of the molecule is C=CC1CC=C(c2ccc(C3CCC(CCC)CO3)c(F)c2Cl)CC1. The van der Waals surface area contributed by atoms with E-state index in [-0.39, 0.29) is 16.9 Å². The molecule has 0 aromatic heterocycles. The van der Waals surface area contributed by atoms with Crippen LogP contribution in [-0.2, 0) is 4.74 Å². The molecule has 1 aliphatic heterocycles. The van der Waals surface area contributed by atoms with Crippen LogP contribution in [0, 0.1) is 17.7 Å². The monoisotopic (exact) mass is 362 g/mol. The molecule has 0 spiro atoms. The van der Waals surface area contributed by atoms with Gasteiger partial charge in [-0.3, -0.25) is 0 Å². The zero-order valence-corrected chi connectivity index (χ0v) is 15.8. The normalized spacial score (nSPS) is 27.0. The molecule has 0 saturated carbocycles. The van der Waals surface area contributed by atoms with E-state index >= 15 is 0 Å². The van der Waals surface area contributed by atoms with Crippen molar-refractivity contribution in [1.82, 2.24) is 0 Å². The van der Waals surface area contributed by atoms with Crippen molar-refractivity contribution in [1.29, 1.82) is 0 Å². The van der Waals surface area contributed by atoms with E-state index in [2.05, 4.69) is 19.6 Å². The summed E-state index contributed by atoms with van der Waals surface area (Å²) in [7, 11) is 0. The minimum absolute atomic E-state index is 0.162. The molecule has 2 aliphatic rings. The molecule has 1 heterocycles. The Labute approximate surface area is 155 Å². The minimum Gasteiger partial charge on any atom is -0.373 e. The predicted molar refractivity (Wildman–Crippen MR) is 103 cm³/mol. The Morgan fingerprint density at radius 2 is 2.16 bits per heavy atom. The summed E-state index contributed by atoms with van der Waals surface area (Å²) < 4.78 is 20.9. The smallest absolute Gasteiger partial charge is 0.148 e. The van der Waals surface area contributed by atoms with Crippen LogP contribution in [0.1, 0.15) is 69.1 Å². The van der Waals surface area contributed by atoms with E-state index < -0.39 is 0 Å². The molecule has 136 valence electrons. The lowest BCUT2D eigenvalue weighted by Crippen LogP contribution is -2.21. The Hall–Kier alpha value is -1.12. The minimum atomic E-state index is -0.301. The first-order chi connectivity index (χ1) is 12.1. The van der Waals surface area contributed by atoms with Crippen LogP contribution in [0.25, 0.3) is 5.57 Å². The molecule has 25 heavy (non-hydrogen) atoms. The van der Waals surface area contributed by atoms with Gasteiger partial charge in [-0.05, 0) is 61.5 Å². The molecule has 0 N–H and O–H groups in total. The summed E-state index contributed by atoms with van der Waals surface area (Å²) in [6, 6.07) is 3.85. The molecule has 3 rings (SSSR count). The summed E-state index contributed by atoms with van der Waals surface area (Å²) in [5.74, 6) is 0.840. The van der Waals surface area contributed by atoms with E-state index in [9.17, 15) is 4.39 Å². The molecule has 1 aliphatic carbocycles. The van der Waals surface area contributed by atoms with Gasteiger partial charge >= 0.3 is 0 Å². The Bertz CT molecular complexity index is 644. The van der Waals surface area contributed by atoms with Crippen LogP contribution in [0.3, 0.4) is 0 Å². The number of benzene rings is 1. The van der Waals surface area contributed by atoms with Crippen LogP contribution in [0.15, 0.2) is 30.9 Å². The molecular weight excluding hydrogens is 335 g/mol. The van der Waals surface area contributed by atoms with Gasteiger partial charge in [0.05, 0.1) is 17.7 Å². The van der Waals surface area contributed by atoms with Crippen molar-refractivity contribution in [3.8, 4) is 0 Å². The Kier molecular flexibility index (Phi) is 6.35. The zero-order valence-electron chi connectivity index (χ0n) is 15.1. The van der Waals surface area contributed by atoms with Crippen LogP contribution in [-0.4, -0.2) is 6.61 Å². The predicted octanol–water partition coefficient (Wildman–Crippen LogP) is 7.12. The van der Waals surface area contributed by atoms with Crippen molar-refractivity contribution in [3.05, 3.63) is 52.8 Å². The number of halogens is 2. The standard InChI is InChI=1S/C22H28ClFO/c1-3-5-16-8-13-20(25-14-16)19-12-11-18(21(23)22(19)24)17-9-6-15(4-2)7-10-17/h4,9,11-12,15-16,20H,2-3,5-8,10,13-14H2,1H3. The summed E-state index contributed by atoms with van der Waals surface area (Å²) in [6.07, 6.45) is 11.3. The van der Waals surface area contributed by atoms with E-state index in [0.29, 0.717) is 17.4 Å². The van der Waals surface area contributed by atoms with E-state index in [1.54, 1.807) is 0 Å². The molecule has 0 amide bonds. The maximum Gasteiger partial charge on any atom is 0.148 e. The zero-order chi connectivity index (χ0) is 17.8. The molecule has 1 aromatic carbocycles. The highest BCUT2D eigenvalue weighted by Crippen LogP contribution is 2.40. The highest BCUT2D eigenvalue weighted by Gasteiger charge is 2.27. The van der Waals surface area contributed by atoms with E-state index in [1.165, 1.54) is 12.8 Å². The highest BCUT2D eigenvalue weighted by molar-refractivity contribution is 6.32. The molecule has 1 saturated heterocycles. The van der Waals surface area contributed by atoms with Crippen molar-refractivity contribution in [2.24, 2.45) is 11.8 Å². The third-order valence-corrected chi connectivity index (χ3v) is 6.03. The van der Waals surface area contributed by atoms with Crippen LogP contribution in [0.2, 0.25) is 5.02 Å². The van der Waals surface area contributed by atoms with Crippen molar-refractivity contribution in [3.63, 3.8) is 0 Å². The lowest BCUT2D eigenvalue weighted by molar-refractivity contribution is -0.0211. The molecule has 0 radical (unpaired) electrons. The van der Waals surface area contributed by atoms with Crippen LogP contribution in [0.4, 0.5) is 4.39 Å². The quantitative estimate of drug-likeness (QED) is 0.507. The van der Waals surface area contributed by atoms with Crippen LogP contribution < -0.4 is 0 Å². The number of rotatable bonds is 5. The molecule has 1 nitrogen and oxygen atoms in total. The summed E-state index contributed by atoms with van der Waals surface area (Å²) >= 11 is 6.41. The van der Waals surface area contributed by atoms with E-state index in [0.717, 1.165) is 49.8 Å². The van der Waals surface area contributed by atoms with Gasteiger partial charge in [0.2, 0.25) is 0 Å². The topological polar surface area (TPSA) is 9.23 Å². The average molecular weight is 363 g/mol. The van der Waals surface area contributed by atoms with Crippen molar-refractivity contribution in [2.75, 3.05) is 6.61 Å². The Morgan fingerprint density at radius 3 is 2.76 bits per heavy atom. The average Bonchev–Trinajstić information content (AvgIpc) is 2.65. The summed E-state index contributed by atoms with van der Waals surface area (Å²) in [5, 5.41) is 0.250. The summed E-state index contributed by atoms with van der Waals surface area (Å²) in [6.45, 7) is 6.79. The van der Waals surface area contributed by atoms with E-state index in [1.807, 2.05) is 18.2 Å². The van der Waals surface area contributed by atoms with Crippen LogP contribution >= 0.6 is 11.6 Å². The first kappa shape index (κ1) is 18.7. The number of hydrogen-bond acceptors (Lipinski definition) is 1. The number of hydrogen-bond donors (Lipinski definition) is 0. The molecule has 1 aromatic rings. The maximum atomic E-state index is 14.9. The molecule has 1 fully saturated rings. The fourth-order valence-electron chi connectivity index (χ4n) is 4.06. The van der Waals surface area contributed by atoms with Gasteiger partial charge in [-0.25, -0.2) is 4.39 Å².